The fourth-order valence-corrected chi connectivity index (χ4v) is 6.00. The predicted molar refractivity (Wildman–Crippen MR) is 82.4 cm³/mol. The fraction of sp³-hybridized carbons (Fsp3) is 0.538. The molecule has 0 amide bonds. The maximum absolute atomic E-state index is 12.8. The Balaban J connectivity index is 1.96. The van der Waals surface area contributed by atoms with Gasteiger partial charge in [-0.15, -0.1) is 0 Å². The van der Waals surface area contributed by atoms with Crippen molar-refractivity contribution in [2.45, 2.75) is 17.9 Å². The minimum atomic E-state index is -3.52. The van der Waals surface area contributed by atoms with Gasteiger partial charge in [-0.1, -0.05) is 27.5 Å². The molecule has 2 heterocycles. The van der Waals surface area contributed by atoms with Gasteiger partial charge in [-0.2, -0.15) is 4.31 Å². The van der Waals surface area contributed by atoms with E-state index in [0.29, 0.717) is 18.4 Å². The summed E-state index contributed by atoms with van der Waals surface area (Å²) in [4.78, 5) is 0.196. The minimum absolute atomic E-state index is 0.0136. The number of hydrogen-bond acceptors (Lipinski definition) is 3. The molecule has 0 bridgehead atoms. The summed E-state index contributed by atoms with van der Waals surface area (Å²) in [6.45, 7) is 4.36. The third kappa shape index (κ3) is 2.31. The fourth-order valence-electron chi connectivity index (χ4n) is 3.26. The van der Waals surface area contributed by atoms with Gasteiger partial charge in [0.05, 0.1) is 5.02 Å². The van der Waals surface area contributed by atoms with Gasteiger partial charge in [0.1, 0.15) is 4.90 Å². The normalized spacial score (nSPS) is 30.6. The van der Waals surface area contributed by atoms with E-state index in [1.165, 1.54) is 0 Å². The van der Waals surface area contributed by atoms with Crippen LogP contribution in [-0.2, 0) is 10.0 Å². The van der Waals surface area contributed by atoms with Crippen LogP contribution in [0.3, 0.4) is 0 Å². The topological polar surface area (TPSA) is 49.4 Å². The number of halogens is 2. The Morgan fingerprint density at radius 2 is 2.15 bits per heavy atom. The van der Waals surface area contributed by atoms with E-state index >= 15 is 0 Å². The molecular formula is C13H16BrClN2O2S. The lowest BCUT2D eigenvalue weighted by molar-refractivity contribution is 0.360. The second-order valence-electron chi connectivity index (χ2n) is 5.47. The Bertz CT molecular complexity index is 637. The zero-order valence-corrected chi connectivity index (χ0v) is 14.2. The van der Waals surface area contributed by atoms with Gasteiger partial charge in [0.2, 0.25) is 10.0 Å². The van der Waals surface area contributed by atoms with Crippen LogP contribution in [0.2, 0.25) is 5.02 Å². The molecule has 1 aromatic carbocycles. The van der Waals surface area contributed by atoms with Gasteiger partial charge in [0.25, 0.3) is 0 Å². The summed E-state index contributed by atoms with van der Waals surface area (Å²) in [7, 11) is -3.52. The summed E-state index contributed by atoms with van der Waals surface area (Å²) in [5.41, 5.74) is 0. The van der Waals surface area contributed by atoms with Crippen molar-refractivity contribution < 1.29 is 8.42 Å². The van der Waals surface area contributed by atoms with Crippen LogP contribution in [0.4, 0.5) is 0 Å². The van der Waals surface area contributed by atoms with Crippen LogP contribution in [0.5, 0.6) is 0 Å². The number of hydrogen-bond donors (Lipinski definition) is 1. The van der Waals surface area contributed by atoms with Gasteiger partial charge in [-0.25, -0.2) is 8.42 Å². The molecule has 2 saturated heterocycles. The maximum Gasteiger partial charge on any atom is 0.244 e. The first kappa shape index (κ1) is 14.8. The summed E-state index contributed by atoms with van der Waals surface area (Å²) < 4.78 is 28.0. The van der Waals surface area contributed by atoms with Gasteiger partial charge in [0.15, 0.2) is 0 Å². The number of rotatable bonds is 2. The SMILES string of the molecule is CC1C2CNCC2CN1S(=O)(=O)c1ccc(Br)cc1Cl. The monoisotopic (exact) mass is 378 g/mol. The van der Waals surface area contributed by atoms with Crippen LogP contribution < -0.4 is 5.32 Å². The van der Waals surface area contributed by atoms with Crippen molar-refractivity contribution in [3.8, 4) is 0 Å². The van der Waals surface area contributed by atoms with Gasteiger partial charge in [0, 0.05) is 17.1 Å². The highest BCUT2D eigenvalue weighted by Crippen LogP contribution is 2.37. The summed E-state index contributed by atoms with van der Waals surface area (Å²) >= 11 is 9.41. The van der Waals surface area contributed by atoms with Crippen molar-refractivity contribution in [2.75, 3.05) is 19.6 Å². The standard InChI is InChI=1S/C13H16BrClN2O2S/c1-8-11-6-16-5-9(11)7-17(8)20(18,19)13-3-2-10(14)4-12(13)15/h2-4,8-9,11,16H,5-7H2,1H3. The quantitative estimate of drug-likeness (QED) is 0.858. The molecule has 3 atom stereocenters. The third-order valence-corrected chi connectivity index (χ3v) is 7.29. The first-order chi connectivity index (χ1) is 9.41. The van der Waals surface area contributed by atoms with E-state index in [-0.39, 0.29) is 16.0 Å². The van der Waals surface area contributed by atoms with Crippen LogP contribution in [0.15, 0.2) is 27.6 Å². The molecule has 3 unspecified atom stereocenters. The second-order valence-corrected chi connectivity index (χ2v) is 8.65. The van der Waals surface area contributed by atoms with Gasteiger partial charge >= 0.3 is 0 Å². The Hall–Kier alpha value is -0.140. The van der Waals surface area contributed by atoms with Gasteiger partial charge in [-0.3, -0.25) is 0 Å². The van der Waals surface area contributed by atoms with Crippen molar-refractivity contribution >= 4 is 37.6 Å². The Labute approximate surface area is 132 Å². The number of nitrogens with one attached hydrogen (secondary N) is 1. The largest absolute Gasteiger partial charge is 0.316 e. The molecule has 2 aliphatic rings. The van der Waals surface area contributed by atoms with Crippen LogP contribution >= 0.6 is 27.5 Å². The van der Waals surface area contributed by atoms with Crippen molar-refractivity contribution in [1.82, 2.24) is 9.62 Å². The molecule has 0 spiro atoms. The number of benzene rings is 1. The van der Waals surface area contributed by atoms with E-state index < -0.39 is 10.0 Å². The van der Waals surface area contributed by atoms with Crippen LogP contribution in [-0.4, -0.2) is 38.4 Å². The summed E-state index contributed by atoms with van der Waals surface area (Å²) in [5.74, 6) is 0.813. The number of nitrogens with zero attached hydrogens (tertiary/aromatic N) is 1. The van der Waals surface area contributed by atoms with Crippen molar-refractivity contribution in [3.05, 3.63) is 27.7 Å². The third-order valence-electron chi connectivity index (χ3n) is 4.36. The second kappa shape index (κ2) is 5.25. The van der Waals surface area contributed by atoms with Crippen molar-refractivity contribution in [1.29, 1.82) is 0 Å². The highest BCUT2D eigenvalue weighted by atomic mass is 79.9. The molecule has 4 nitrogen and oxygen atoms in total. The molecule has 20 heavy (non-hydrogen) atoms. The Morgan fingerprint density at radius 3 is 2.80 bits per heavy atom. The van der Waals surface area contributed by atoms with Crippen LogP contribution in [0.25, 0.3) is 0 Å². The molecule has 7 heteroatoms. The van der Waals surface area contributed by atoms with Gasteiger partial charge < -0.3 is 5.32 Å². The minimum Gasteiger partial charge on any atom is -0.316 e. The van der Waals surface area contributed by atoms with Gasteiger partial charge in [-0.05, 0) is 50.0 Å². The average molecular weight is 380 g/mol. The summed E-state index contributed by atoms with van der Waals surface area (Å²) in [6.07, 6.45) is 0. The summed E-state index contributed by atoms with van der Waals surface area (Å²) in [5, 5.41) is 3.60. The number of fused-ring (bicyclic) bond motifs is 1. The van der Waals surface area contributed by atoms with E-state index in [2.05, 4.69) is 21.2 Å². The Morgan fingerprint density at radius 1 is 1.40 bits per heavy atom. The van der Waals surface area contributed by atoms with Crippen molar-refractivity contribution in [2.24, 2.45) is 11.8 Å². The smallest absolute Gasteiger partial charge is 0.244 e. The van der Waals surface area contributed by atoms with E-state index in [1.54, 1.807) is 22.5 Å². The molecule has 1 aromatic rings. The molecular weight excluding hydrogens is 364 g/mol. The van der Waals surface area contributed by atoms with E-state index in [0.717, 1.165) is 17.6 Å². The molecule has 0 saturated carbocycles. The molecule has 2 aliphatic heterocycles. The lowest BCUT2D eigenvalue weighted by Crippen LogP contribution is -2.38. The van der Waals surface area contributed by atoms with E-state index in [9.17, 15) is 8.42 Å². The van der Waals surface area contributed by atoms with Crippen LogP contribution in [0.1, 0.15) is 6.92 Å². The molecule has 0 aliphatic carbocycles. The summed E-state index contributed by atoms with van der Waals surface area (Å²) in [6, 6.07) is 4.92. The maximum atomic E-state index is 12.8. The highest BCUT2D eigenvalue weighted by molar-refractivity contribution is 9.10. The van der Waals surface area contributed by atoms with E-state index in [4.69, 9.17) is 11.6 Å². The molecule has 2 fully saturated rings. The van der Waals surface area contributed by atoms with E-state index in [1.807, 2.05) is 6.92 Å². The molecule has 3 rings (SSSR count). The Kier molecular flexibility index (Phi) is 3.88. The molecule has 110 valence electrons. The van der Waals surface area contributed by atoms with Crippen LogP contribution in [0, 0.1) is 11.8 Å². The van der Waals surface area contributed by atoms with Crippen molar-refractivity contribution in [3.63, 3.8) is 0 Å². The lowest BCUT2D eigenvalue weighted by Gasteiger charge is -2.24. The highest BCUT2D eigenvalue weighted by Gasteiger charge is 2.47. The average Bonchev–Trinajstić information content (AvgIpc) is 2.92. The lowest BCUT2D eigenvalue weighted by atomic mass is 9.95. The zero-order chi connectivity index (χ0) is 14.5. The first-order valence-electron chi connectivity index (χ1n) is 6.59. The predicted octanol–water partition coefficient (Wildman–Crippen LogP) is 2.33. The number of sulfonamides is 1. The molecule has 0 radical (unpaired) electrons. The zero-order valence-electron chi connectivity index (χ0n) is 11.0. The first-order valence-corrected chi connectivity index (χ1v) is 9.20. The molecule has 0 aromatic heterocycles. The molecule has 1 N–H and O–H groups in total.